The maximum absolute atomic E-state index is 5.43. The molecule has 0 fully saturated rings. The topological polar surface area (TPSA) is 90.4 Å². The molecule has 0 aliphatic rings. The average Bonchev–Trinajstić information content (AvgIpc) is 2.20. The standard InChI is InChI=1S/C11H18N4/c12-8-2-1-3-9-4-6-10(7-5-9)15-11(13)14/h4-7H,1-3,8,12H2,(H4,13,14,15). The molecule has 0 bridgehead atoms. The third kappa shape index (κ3) is 4.46. The number of rotatable bonds is 5. The Bertz CT molecular complexity index is 312. The van der Waals surface area contributed by atoms with E-state index in [2.05, 4.69) is 4.99 Å². The van der Waals surface area contributed by atoms with E-state index in [9.17, 15) is 0 Å². The van der Waals surface area contributed by atoms with Crippen molar-refractivity contribution in [2.75, 3.05) is 6.54 Å². The average molecular weight is 206 g/mol. The zero-order chi connectivity index (χ0) is 11.1. The molecular weight excluding hydrogens is 188 g/mol. The largest absolute Gasteiger partial charge is 0.370 e. The van der Waals surface area contributed by atoms with Gasteiger partial charge in [-0.05, 0) is 43.5 Å². The van der Waals surface area contributed by atoms with Gasteiger partial charge in [0.05, 0.1) is 5.69 Å². The summed E-state index contributed by atoms with van der Waals surface area (Å²) < 4.78 is 0. The van der Waals surface area contributed by atoms with Crippen molar-refractivity contribution in [1.29, 1.82) is 0 Å². The molecule has 0 saturated carbocycles. The van der Waals surface area contributed by atoms with Crippen LogP contribution in [0.25, 0.3) is 0 Å². The van der Waals surface area contributed by atoms with Gasteiger partial charge in [-0.25, -0.2) is 4.99 Å². The zero-order valence-corrected chi connectivity index (χ0v) is 8.82. The molecule has 0 amide bonds. The highest BCUT2D eigenvalue weighted by molar-refractivity contribution is 5.78. The predicted molar refractivity (Wildman–Crippen MR) is 63.9 cm³/mol. The van der Waals surface area contributed by atoms with E-state index in [4.69, 9.17) is 17.2 Å². The van der Waals surface area contributed by atoms with E-state index in [1.807, 2.05) is 24.3 Å². The van der Waals surface area contributed by atoms with Crippen molar-refractivity contribution in [3.8, 4) is 0 Å². The highest BCUT2D eigenvalue weighted by Gasteiger charge is 1.94. The second-order valence-corrected chi connectivity index (χ2v) is 3.45. The van der Waals surface area contributed by atoms with Crippen LogP contribution in [0.4, 0.5) is 5.69 Å². The molecule has 0 saturated heterocycles. The van der Waals surface area contributed by atoms with Crippen LogP contribution in [0.3, 0.4) is 0 Å². The van der Waals surface area contributed by atoms with E-state index < -0.39 is 0 Å². The van der Waals surface area contributed by atoms with Crippen molar-refractivity contribution < 1.29 is 0 Å². The monoisotopic (exact) mass is 206 g/mol. The lowest BCUT2D eigenvalue weighted by Crippen LogP contribution is -2.21. The van der Waals surface area contributed by atoms with Crippen molar-refractivity contribution in [3.63, 3.8) is 0 Å². The Morgan fingerprint density at radius 3 is 2.27 bits per heavy atom. The number of nitrogens with two attached hydrogens (primary N) is 3. The number of hydrogen-bond donors (Lipinski definition) is 3. The van der Waals surface area contributed by atoms with Gasteiger partial charge in [0.15, 0.2) is 5.96 Å². The smallest absolute Gasteiger partial charge is 0.191 e. The zero-order valence-electron chi connectivity index (χ0n) is 8.82. The van der Waals surface area contributed by atoms with E-state index in [0.717, 1.165) is 31.5 Å². The summed E-state index contributed by atoms with van der Waals surface area (Å²) in [6.45, 7) is 0.756. The predicted octanol–water partition coefficient (Wildman–Crippen LogP) is 0.873. The number of aryl methyl sites for hydroxylation is 1. The molecule has 0 aliphatic carbocycles. The second kappa shape index (κ2) is 6.03. The normalized spacial score (nSPS) is 9.93. The molecule has 1 aromatic rings. The first-order chi connectivity index (χ1) is 7.22. The first-order valence-electron chi connectivity index (χ1n) is 5.11. The summed E-state index contributed by atoms with van der Waals surface area (Å²) in [5.41, 5.74) is 18.1. The molecule has 4 heteroatoms. The summed E-state index contributed by atoms with van der Waals surface area (Å²) in [6, 6.07) is 7.91. The Balaban J connectivity index is 2.53. The number of hydrogen-bond acceptors (Lipinski definition) is 2. The summed E-state index contributed by atoms with van der Waals surface area (Å²) in [7, 11) is 0. The quantitative estimate of drug-likeness (QED) is 0.379. The summed E-state index contributed by atoms with van der Waals surface area (Å²) in [5.74, 6) is 0.0888. The number of nitrogens with zero attached hydrogens (tertiary/aromatic N) is 1. The second-order valence-electron chi connectivity index (χ2n) is 3.45. The van der Waals surface area contributed by atoms with Crippen molar-refractivity contribution in [2.45, 2.75) is 19.3 Å². The van der Waals surface area contributed by atoms with Crippen molar-refractivity contribution in [3.05, 3.63) is 29.8 Å². The summed E-state index contributed by atoms with van der Waals surface area (Å²) >= 11 is 0. The van der Waals surface area contributed by atoms with Crippen molar-refractivity contribution >= 4 is 11.6 Å². The van der Waals surface area contributed by atoms with Gasteiger partial charge in [-0.1, -0.05) is 12.1 Å². The Morgan fingerprint density at radius 1 is 1.07 bits per heavy atom. The SMILES string of the molecule is NCCCCc1ccc(N=C(N)N)cc1. The number of aliphatic imine (C=N–C) groups is 1. The molecule has 1 rings (SSSR count). The van der Waals surface area contributed by atoms with E-state index in [1.165, 1.54) is 5.56 Å². The molecule has 0 heterocycles. The third-order valence-corrected chi connectivity index (χ3v) is 2.11. The fourth-order valence-corrected chi connectivity index (χ4v) is 1.36. The van der Waals surface area contributed by atoms with Crippen LogP contribution in [-0.4, -0.2) is 12.5 Å². The number of benzene rings is 1. The number of unbranched alkanes of at least 4 members (excludes halogenated alkanes) is 1. The van der Waals surface area contributed by atoms with Crippen molar-refractivity contribution in [1.82, 2.24) is 0 Å². The molecule has 0 atom stereocenters. The Hall–Kier alpha value is -1.55. The van der Waals surface area contributed by atoms with E-state index in [1.54, 1.807) is 0 Å². The molecule has 0 spiro atoms. The lowest BCUT2D eigenvalue weighted by atomic mass is 10.1. The maximum Gasteiger partial charge on any atom is 0.191 e. The molecule has 0 aromatic heterocycles. The first kappa shape index (κ1) is 11.5. The van der Waals surface area contributed by atoms with Crippen molar-refractivity contribution in [2.24, 2.45) is 22.2 Å². The molecular formula is C11H18N4. The van der Waals surface area contributed by atoms with Gasteiger partial charge in [0.25, 0.3) is 0 Å². The van der Waals surface area contributed by atoms with Crippen LogP contribution in [0.15, 0.2) is 29.3 Å². The van der Waals surface area contributed by atoms with Crippen LogP contribution in [0.1, 0.15) is 18.4 Å². The highest BCUT2D eigenvalue weighted by atomic mass is 15.0. The van der Waals surface area contributed by atoms with Gasteiger partial charge in [0, 0.05) is 0 Å². The molecule has 1 aromatic carbocycles. The van der Waals surface area contributed by atoms with Crippen LogP contribution in [0.5, 0.6) is 0 Å². The molecule has 0 aliphatic heterocycles. The third-order valence-electron chi connectivity index (χ3n) is 2.11. The Kier molecular flexibility index (Phi) is 4.63. The van der Waals surface area contributed by atoms with Gasteiger partial charge >= 0.3 is 0 Å². The molecule has 15 heavy (non-hydrogen) atoms. The van der Waals surface area contributed by atoms with Crippen LogP contribution in [-0.2, 0) is 6.42 Å². The molecule has 0 radical (unpaired) electrons. The molecule has 4 nitrogen and oxygen atoms in total. The van der Waals surface area contributed by atoms with E-state index >= 15 is 0 Å². The molecule has 0 unspecified atom stereocenters. The van der Waals surface area contributed by atoms with Crippen LogP contribution >= 0.6 is 0 Å². The minimum Gasteiger partial charge on any atom is -0.370 e. The molecule has 82 valence electrons. The van der Waals surface area contributed by atoms with E-state index in [0.29, 0.717) is 0 Å². The van der Waals surface area contributed by atoms with Gasteiger partial charge in [-0.3, -0.25) is 0 Å². The van der Waals surface area contributed by atoms with Crippen LogP contribution < -0.4 is 17.2 Å². The highest BCUT2D eigenvalue weighted by Crippen LogP contribution is 2.13. The number of guanidine groups is 1. The van der Waals surface area contributed by atoms with Gasteiger partial charge in [0.1, 0.15) is 0 Å². The Morgan fingerprint density at radius 2 is 1.73 bits per heavy atom. The minimum atomic E-state index is 0.0888. The fraction of sp³-hybridized carbons (Fsp3) is 0.364. The van der Waals surface area contributed by atoms with Gasteiger partial charge < -0.3 is 17.2 Å². The van der Waals surface area contributed by atoms with Crippen LogP contribution in [0.2, 0.25) is 0 Å². The van der Waals surface area contributed by atoms with Gasteiger partial charge in [-0.15, -0.1) is 0 Å². The lowest BCUT2D eigenvalue weighted by Gasteiger charge is -2.01. The van der Waals surface area contributed by atoms with E-state index in [-0.39, 0.29) is 5.96 Å². The minimum absolute atomic E-state index is 0.0888. The molecule has 6 N–H and O–H groups in total. The van der Waals surface area contributed by atoms with Gasteiger partial charge in [-0.2, -0.15) is 0 Å². The summed E-state index contributed by atoms with van der Waals surface area (Å²) in [6.07, 6.45) is 3.24. The summed E-state index contributed by atoms with van der Waals surface area (Å²) in [4.78, 5) is 3.95. The Labute approximate surface area is 90.2 Å². The van der Waals surface area contributed by atoms with Crippen LogP contribution in [0, 0.1) is 0 Å². The fourth-order valence-electron chi connectivity index (χ4n) is 1.36. The summed E-state index contributed by atoms with van der Waals surface area (Å²) in [5, 5.41) is 0. The van der Waals surface area contributed by atoms with Gasteiger partial charge in [0.2, 0.25) is 0 Å². The lowest BCUT2D eigenvalue weighted by molar-refractivity contribution is 0.745. The first-order valence-corrected chi connectivity index (χ1v) is 5.11. The maximum atomic E-state index is 5.43.